The van der Waals surface area contributed by atoms with Gasteiger partial charge in [-0.25, -0.2) is 0 Å². The van der Waals surface area contributed by atoms with E-state index < -0.39 is 0 Å². The second-order valence-electron chi connectivity index (χ2n) is 5.82. The Morgan fingerprint density at radius 1 is 0.913 bits per heavy atom. The highest BCUT2D eigenvalue weighted by molar-refractivity contribution is 5.74. The zero-order chi connectivity index (χ0) is 15.6. The van der Waals surface area contributed by atoms with E-state index in [9.17, 15) is 0 Å². The number of nitrogens with zero attached hydrogens (tertiary/aromatic N) is 5. The molecule has 0 N–H and O–H groups in total. The summed E-state index contributed by atoms with van der Waals surface area (Å²) in [6, 6.07) is 12.6. The van der Waals surface area contributed by atoms with Crippen LogP contribution in [0.4, 0.5) is 11.8 Å². The van der Waals surface area contributed by atoms with E-state index in [0.717, 1.165) is 55.2 Å². The average Bonchev–Trinajstić information content (AvgIpc) is 2.85. The standard InChI is InChI=1S/C17H19N5O/c1-13-7-8-16(20-19-13)21-9-4-10-22(12-11-21)17-18-14-5-2-3-6-15(14)23-17/h2-3,5-8H,4,9-12H2,1H3. The number of oxazole rings is 1. The summed E-state index contributed by atoms with van der Waals surface area (Å²) in [7, 11) is 0. The summed E-state index contributed by atoms with van der Waals surface area (Å²) in [5.74, 6) is 0.940. The van der Waals surface area contributed by atoms with Crippen molar-refractivity contribution in [3.63, 3.8) is 0 Å². The van der Waals surface area contributed by atoms with Gasteiger partial charge in [0.05, 0.1) is 5.69 Å². The zero-order valence-corrected chi connectivity index (χ0v) is 13.1. The van der Waals surface area contributed by atoms with E-state index in [1.165, 1.54) is 0 Å². The fourth-order valence-corrected chi connectivity index (χ4v) is 2.89. The third-order valence-corrected chi connectivity index (χ3v) is 4.16. The van der Waals surface area contributed by atoms with Gasteiger partial charge in [0.2, 0.25) is 0 Å². The van der Waals surface area contributed by atoms with Gasteiger partial charge in [-0.2, -0.15) is 10.1 Å². The average molecular weight is 309 g/mol. The van der Waals surface area contributed by atoms with Crippen LogP contribution in [0.2, 0.25) is 0 Å². The van der Waals surface area contributed by atoms with Crippen LogP contribution >= 0.6 is 0 Å². The first-order valence-corrected chi connectivity index (χ1v) is 7.95. The van der Waals surface area contributed by atoms with Crippen LogP contribution < -0.4 is 9.80 Å². The minimum absolute atomic E-state index is 0.711. The lowest BCUT2D eigenvalue weighted by Gasteiger charge is -2.21. The van der Waals surface area contributed by atoms with Crippen molar-refractivity contribution in [3.05, 3.63) is 42.1 Å². The van der Waals surface area contributed by atoms with Gasteiger partial charge in [-0.3, -0.25) is 0 Å². The topological polar surface area (TPSA) is 58.3 Å². The monoisotopic (exact) mass is 309 g/mol. The van der Waals surface area contributed by atoms with Gasteiger partial charge in [0, 0.05) is 26.2 Å². The number of hydrogen-bond donors (Lipinski definition) is 0. The fourth-order valence-electron chi connectivity index (χ4n) is 2.89. The Balaban J connectivity index is 1.51. The third kappa shape index (κ3) is 2.84. The zero-order valence-electron chi connectivity index (χ0n) is 13.1. The van der Waals surface area contributed by atoms with Crippen molar-refractivity contribution in [2.45, 2.75) is 13.3 Å². The van der Waals surface area contributed by atoms with Gasteiger partial charge in [-0.1, -0.05) is 12.1 Å². The summed E-state index contributed by atoms with van der Waals surface area (Å²) < 4.78 is 5.89. The van der Waals surface area contributed by atoms with E-state index in [4.69, 9.17) is 4.42 Å². The van der Waals surface area contributed by atoms with Crippen LogP contribution in [0.15, 0.2) is 40.8 Å². The largest absolute Gasteiger partial charge is 0.423 e. The first-order valence-electron chi connectivity index (χ1n) is 7.95. The van der Waals surface area contributed by atoms with Crippen molar-refractivity contribution < 1.29 is 4.42 Å². The summed E-state index contributed by atoms with van der Waals surface area (Å²) >= 11 is 0. The first-order chi connectivity index (χ1) is 11.3. The number of hydrogen-bond acceptors (Lipinski definition) is 6. The first kappa shape index (κ1) is 14.0. The minimum Gasteiger partial charge on any atom is -0.423 e. The molecule has 0 spiro atoms. The van der Waals surface area contributed by atoms with Gasteiger partial charge in [0.25, 0.3) is 6.01 Å². The number of aromatic nitrogens is 3. The molecule has 6 heteroatoms. The van der Waals surface area contributed by atoms with E-state index in [1.807, 2.05) is 43.3 Å². The maximum atomic E-state index is 5.89. The molecule has 118 valence electrons. The Kier molecular flexibility index (Phi) is 3.57. The molecule has 1 saturated heterocycles. The lowest BCUT2D eigenvalue weighted by atomic mass is 10.3. The molecule has 0 aliphatic carbocycles. The smallest absolute Gasteiger partial charge is 0.298 e. The molecule has 0 bridgehead atoms. The Bertz CT molecular complexity index is 765. The van der Waals surface area contributed by atoms with Crippen molar-refractivity contribution in [3.8, 4) is 0 Å². The van der Waals surface area contributed by atoms with Crippen LogP contribution in [-0.4, -0.2) is 41.4 Å². The molecule has 3 heterocycles. The quantitative estimate of drug-likeness (QED) is 0.725. The molecule has 6 nitrogen and oxygen atoms in total. The normalized spacial score (nSPS) is 15.9. The van der Waals surface area contributed by atoms with Crippen LogP contribution in [-0.2, 0) is 0 Å². The molecule has 0 saturated carbocycles. The molecule has 1 aliphatic rings. The number of aryl methyl sites for hydroxylation is 1. The Labute approximate surface area is 134 Å². The predicted octanol–water partition coefficient (Wildman–Crippen LogP) is 2.64. The van der Waals surface area contributed by atoms with Crippen LogP contribution in [0.5, 0.6) is 0 Å². The van der Waals surface area contributed by atoms with E-state index >= 15 is 0 Å². The summed E-state index contributed by atoms with van der Waals surface area (Å²) in [5.41, 5.74) is 2.69. The Morgan fingerprint density at radius 2 is 1.74 bits per heavy atom. The fraction of sp³-hybridized carbons (Fsp3) is 0.353. The van der Waals surface area contributed by atoms with E-state index in [0.29, 0.717) is 6.01 Å². The highest BCUT2D eigenvalue weighted by Gasteiger charge is 2.20. The van der Waals surface area contributed by atoms with Gasteiger partial charge in [-0.15, -0.1) is 5.10 Å². The molecule has 23 heavy (non-hydrogen) atoms. The molecule has 0 atom stereocenters. The number of para-hydroxylation sites is 2. The second kappa shape index (κ2) is 5.87. The summed E-state index contributed by atoms with van der Waals surface area (Å²) in [6.07, 6.45) is 1.04. The second-order valence-corrected chi connectivity index (χ2v) is 5.82. The Hall–Kier alpha value is -2.63. The van der Waals surface area contributed by atoms with Crippen molar-refractivity contribution in [2.75, 3.05) is 36.0 Å². The van der Waals surface area contributed by atoms with Gasteiger partial charge in [0.15, 0.2) is 11.4 Å². The van der Waals surface area contributed by atoms with Gasteiger partial charge < -0.3 is 14.2 Å². The SMILES string of the molecule is Cc1ccc(N2CCCN(c3nc4ccccc4o3)CC2)nn1. The molecule has 4 rings (SSSR count). The molecule has 0 radical (unpaired) electrons. The van der Waals surface area contributed by atoms with Gasteiger partial charge in [-0.05, 0) is 37.6 Å². The van der Waals surface area contributed by atoms with Crippen molar-refractivity contribution >= 4 is 22.9 Å². The molecule has 1 aromatic carbocycles. The van der Waals surface area contributed by atoms with Crippen molar-refractivity contribution in [2.24, 2.45) is 0 Å². The van der Waals surface area contributed by atoms with E-state index in [-0.39, 0.29) is 0 Å². The van der Waals surface area contributed by atoms with E-state index in [1.54, 1.807) is 0 Å². The highest BCUT2D eigenvalue weighted by atomic mass is 16.4. The summed E-state index contributed by atoms with van der Waals surface area (Å²) in [4.78, 5) is 9.08. The Morgan fingerprint density at radius 3 is 2.57 bits per heavy atom. The minimum atomic E-state index is 0.711. The third-order valence-electron chi connectivity index (χ3n) is 4.16. The molecular formula is C17H19N5O. The van der Waals surface area contributed by atoms with Crippen LogP contribution in [0.25, 0.3) is 11.1 Å². The molecule has 3 aromatic rings. The van der Waals surface area contributed by atoms with Crippen LogP contribution in [0.3, 0.4) is 0 Å². The lowest BCUT2D eigenvalue weighted by molar-refractivity contribution is 0.571. The molecule has 0 unspecified atom stereocenters. The maximum absolute atomic E-state index is 5.89. The predicted molar refractivity (Wildman–Crippen MR) is 89.8 cm³/mol. The molecule has 1 aliphatic heterocycles. The van der Waals surface area contributed by atoms with Gasteiger partial charge in [0.1, 0.15) is 5.52 Å². The number of anilines is 2. The van der Waals surface area contributed by atoms with Crippen LogP contribution in [0, 0.1) is 6.92 Å². The maximum Gasteiger partial charge on any atom is 0.298 e. The highest BCUT2D eigenvalue weighted by Crippen LogP contribution is 2.23. The number of benzene rings is 1. The number of rotatable bonds is 2. The number of fused-ring (bicyclic) bond motifs is 1. The lowest BCUT2D eigenvalue weighted by Crippen LogP contribution is -2.31. The van der Waals surface area contributed by atoms with E-state index in [2.05, 4.69) is 25.0 Å². The summed E-state index contributed by atoms with van der Waals surface area (Å²) in [5, 5.41) is 8.45. The van der Waals surface area contributed by atoms with Crippen LogP contribution in [0.1, 0.15) is 12.1 Å². The van der Waals surface area contributed by atoms with Crippen molar-refractivity contribution in [1.29, 1.82) is 0 Å². The van der Waals surface area contributed by atoms with Gasteiger partial charge >= 0.3 is 0 Å². The molecule has 0 amide bonds. The molecule has 2 aromatic heterocycles. The van der Waals surface area contributed by atoms with Crippen molar-refractivity contribution in [1.82, 2.24) is 15.2 Å². The molecule has 1 fully saturated rings. The molecular weight excluding hydrogens is 290 g/mol. The summed E-state index contributed by atoms with van der Waals surface area (Å²) in [6.45, 7) is 5.60.